The summed E-state index contributed by atoms with van der Waals surface area (Å²) in [6.45, 7) is 2.41. The highest BCUT2D eigenvalue weighted by Crippen LogP contribution is 2.48. The van der Waals surface area contributed by atoms with E-state index in [2.05, 4.69) is 12.1 Å². The fraction of sp³-hybridized carbons (Fsp3) is 0.333. The van der Waals surface area contributed by atoms with E-state index in [0.29, 0.717) is 30.5 Å². The monoisotopic (exact) mass is 362 g/mol. The predicted octanol–water partition coefficient (Wildman–Crippen LogP) is 5.34. The van der Waals surface area contributed by atoms with Crippen molar-refractivity contribution in [2.45, 2.75) is 38.2 Å². The average Bonchev–Trinajstić information content (AvgIpc) is 3.50. The summed E-state index contributed by atoms with van der Waals surface area (Å²) < 4.78 is 5.94. The molecule has 27 heavy (non-hydrogen) atoms. The molecule has 0 aromatic heterocycles. The largest absolute Gasteiger partial charge is 0.508 e. The lowest BCUT2D eigenvalue weighted by Crippen LogP contribution is -2.17. The Balaban J connectivity index is 1.53. The van der Waals surface area contributed by atoms with Gasteiger partial charge in [-0.1, -0.05) is 60.2 Å². The van der Waals surface area contributed by atoms with Crippen molar-refractivity contribution in [1.82, 2.24) is 0 Å². The van der Waals surface area contributed by atoms with Crippen LogP contribution >= 0.6 is 0 Å². The lowest BCUT2D eigenvalue weighted by molar-refractivity contribution is 0.132. The van der Waals surface area contributed by atoms with E-state index in [-0.39, 0.29) is 5.92 Å². The number of aryl methyl sites for hydroxylation is 1. The zero-order valence-corrected chi connectivity index (χ0v) is 15.6. The number of aliphatic hydroxyl groups excluding tert-OH is 2. The lowest BCUT2D eigenvalue weighted by atomic mass is 9.85. The van der Waals surface area contributed by atoms with Crippen LogP contribution in [0.25, 0.3) is 0 Å². The molecule has 1 fully saturated rings. The van der Waals surface area contributed by atoms with Gasteiger partial charge in [-0.05, 0) is 36.8 Å². The molecule has 2 aromatic carbocycles. The zero-order valence-electron chi connectivity index (χ0n) is 15.6. The summed E-state index contributed by atoms with van der Waals surface area (Å²) in [6, 6.07) is 18.2. The van der Waals surface area contributed by atoms with Crippen LogP contribution in [0.15, 0.2) is 77.8 Å². The second kappa shape index (κ2) is 7.61. The number of hydrogen-bond acceptors (Lipinski definition) is 3. The zero-order chi connectivity index (χ0) is 18.8. The molecule has 4 rings (SSSR count). The molecule has 0 spiro atoms. The minimum atomic E-state index is -0.639. The fourth-order valence-electron chi connectivity index (χ4n) is 3.84. The Hall–Kier alpha value is -2.52. The first-order valence-electron chi connectivity index (χ1n) is 9.67. The van der Waals surface area contributed by atoms with E-state index in [1.54, 1.807) is 6.08 Å². The Morgan fingerprint density at radius 3 is 2.33 bits per heavy atom. The van der Waals surface area contributed by atoms with Gasteiger partial charge in [-0.2, -0.15) is 0 Å². The summed E-state index contributed by atoms with van der Waals surface area (Å²) in [6.07, 6.45) is 3.80. The Labute approximate surface area is 160 Å². The maximum absolute atomic E-state index is 10.7. The SMILES string of the molecule is Cc1ccc(C(O)CC2=CC(O)=C(C(c3ccccc3)C3CC3)CO2)cc1. The van der Waals surface area contributed by atoms with Gasteiger partial charge in [0.05, 0.1) is 6.10 Å². The summed E-state index contributed by atoms with van der Waals surface area (Å²) >= 11 is 0. The highest BCUT2D eigenvalue weighted by atomic mass is 16.5. The number of rotatable bonds is 6. The molecular formula is C24H26O3. The minimum Gasteiger partial charge on any atom is -0.508 e. The van der Waals surface area contributed by atoms with Gasteiger partial charge in [-0.3, -0.25) is 0 Å². The van der Waals surface area contributed by atoms with Crippen LogP contribution in [-0.2, 0) is 4.74 Å². The van der Waals surface area contributed by atoms with Crippen molar-refractivity contribution in [3.8, 4) is 0 Å². The smallest absolute Gasteiger partial charge is 0.122 e. The molecule has 1 aliphatic heterocycles. The second-order valence-corrected chi connectivity index (χ2v) is 7.67. The standard InChI is InChI=1S/C24H26O3/c1-16-7-9-17(10-8-16)22(25)13-20-14-23(26)21(15-27-20)24(19-11-12-19)18-5-3-2-4-6-18/h2-10,14,19,22,24-26H,11-13,15H2,1H3. The van der Waals surface area contributed by atoms with Crippen LogP contribution in [0.3, 0.4) is 0 Å². The van der Waals surface area contributed by atoms with Crippen molar-refractivity contribution in [3.63, 3.8) is 0 Å². The van der Waals surface area contributed by atoms with E-state index < -0.39 is 6.10 Å². The number of aliphatic hydroxyl groups is 2. The summed E-state index contributed by atoms with van der Waals surface area (Å²) in [5.41, 5.74) is 4.22. The summed E-state index contributed by atoms with van der Waals surface area (Å²) in [5.74, 6) is 1.73. The first-order chi connectivity index (χ1) is 13.1. The van der Waals surface area contributed by atoms with Crippen LogP contribution in [0, 0.1) is 12.8 Å². The van der Waals surface area contributed by atoms with Gasteiger partial charge >= 0.3 is 0 Å². The highest BCUT2D eigenvalue weighted by molar-refractivity contribution is 5.38. The van der Waals surface area contributed by atoms with Gasteiger partial charge in [-0.15, -0.1) is 0 Å². The van der Waals surface area contributed by atoms with Crippen LogP contribution in [0.1, 0.15) is 48.0 Å². The molecule has 2 N–H and O–H groups in total. The summed E-state index contributed by atoms with van der Waals surface area (Å²) in [7, 11) is 0. The molecule has 1 aliphatic carbocycles. The molecule has 3 heteroatoms. The van der Waals surface area contributed by atoms with Crippen molar-refractivity contribution in [2.24, 2.45) is 5.92 Å². The van der Waals surface area contributed by atoms with Crippen LogP contribution in [-0.4, -0.2) is 16.8 Å². The summed E-state index contributed by atoms with van der Waals surface area (Å²) in [4.78, 5) is 0. The van der Waals surface area contributed by atoms with Crippen LogP contribution in [0.4, 0.5) is 0 Å². The van der Waals surface area contributed by atoms with Gasteiger partial charge < -0.3 is 14.9 Å². The molecule has 0 radical (unpaired) electrons. The molecule has 0 amide bonds. The van der Waals surface area contributed by atoms with E-state index in [1.807, 2.05) is 49.4 Å². The predicted molar refractivity (Wildman–Crippen MR) is 106 cm³/mol. The van der Waals surface area contributed by atoms with Gasteiger partial charge in [0.15, 0.2) is 0 Å². The van der Waals surface area contributed by atoms with Crippen molar-refractivity contribution >= 4 is 0 Å². The van der Waals surface area contributed by atoms with Crippen LogP contribution in [0.5, 0.6) is 0 Å². The van der Waals surface area contributed by atoms with Gasteiger partial charge in [0, 0.05) is 24.0 Å². The lowest BCUT2D eigenvalue weighted by Gasteiger charge is -2.26. The second-order valence-electron chi connectivity index (χ2n) is 7.67. The van der Waals surface area contributed by atoms with Crippen molar-refractivity contribution in [2.75, 3.05) is 6.61 Å². The molecule has 1 heterocycles. The van der Waals surface area contributed by atoms with E-state index in [4.69, 9.17) is 4.74 Å². The number of benzene rings is 2. The van der Waals surface area contributed by atoms with Gasteiger partial charge in [-0.25, -0.2) is 0 Å². The van der Waals surface area contributed by atoms with Crippen LogP contribution in [0.2, 0.25) is 0 Å². The maximum Gasteiger partial charge on any atom is 0.122 e. The molecule has 2 aromatic rings. The molecule has 140 valence electrons. The van der Waals surface area contributed by atoms with Crippen molar-refractivity contribution < 1.29 is 14.9 Å². The first-order valence-corrected chi connectivity index (χ1v) is 9.67. The molecule has 3 nitrogen and oxygen atoms in total. The molecule has 2 atom stereocenters. The maximum atomic E-state index is 10.7. The molecular weight excluding hydrogens is 336 g/mol. The van der Waals surface area contributed by atoms with E-state index >= 15 is 0 Å². The summed E-state index contributed by atoms with van der Waals surface area (Å²) in [5, 5.41) is 21.2. The van der Waals surface area contributed by atoms with Gasteiger partial charge in [0.25, 0.3) is 0 Å². The quantitative estimate of drug-likeness (QED) is 0.729. The molecule has 0 saturated heterocycles. The Morgan fingerprint density at radius 2 is 1.70 bits per heavy atom. The Kier molecular flexibility index (Phi) is 5.04. The fourth-order valence-corrected chi connectivity index (χ4v) is 3.84. The van der Waals surface area contributed by atoms with Crippen molar-refractivity contribution in [1.29, 1.82) is 0 Å². The van der Waals surface area contributed by atoms with Crippen molar-refractivity contribution in [3.05, 3.63) is 94.5 Å². The number of hydrogen-bond donors (Lipinski definition) is 2. The first kappa shape index (κ1) is 17.9. The molecule has 1 saturated carbocycles. The van der Waals surface area contributed by atoms with Gasteiger partial charge in [0.2, 0.25) is 0 Å². The molecule has 2 unspecified atom stereocenters. The van der Waals surface area contributed by atoms with E-state index in [9.17, 15) is 10.2 Å². The number of allylic oxidation sites excluding steroid dienone is 1. The highest BCUT2D eigenvalue weighted by Gasteiger charge is 2.37. The topological polar surface area (TPSA) is 49.7 Å². The van der Waals surface area contributed by atoms with Crippen LogP contribution < -0.4 is 0 Å². The third-order valence-corrected chi connectivity index (χ3v) is 5.52. The molecule has 2 aliphatic rings. The third kappa shape index (κ3) is 4.09. The normalized spacial score (nSPS) is 19.3. The third-order valence-electron chi connectivity index (χ3n) is 5.52. The molecule has 0 bridgehead atoms. The average molecular weight is 362 g/mol. The minimum absolute atomic E-state index is 0.214. The number of ether oxygens (including phenoxy) is 1. The Morgan fingerprint density at radius 1 is 1.00 bits per heavy atom. The van der Waals surface area contributed by atoms with E-state index in [0.717, 1.165) is 16.7 Å². The Bertz CT molecular complexity index is 845. The van der Waals surface area contributed by atoms with Gasteiger partial charge in [0.1, 0.15) is 18.1 Å². The van der Waals surface area contributed by atoms with E-state index in [1.165, 1.54) is 18.4 Å².